The van der Waals surface area contributed by atoms with Crippen molar-refractivity contribution in [2.24, 2.45) is 0 Å². The molecule has 3 aromatic rings. The third-order valence-electron chi connectivity index (χ3n) is 3.66. The van der Waals surface area contributed by atoms with Crippen LogP contribution in [-0.2, 0) is 16.1 Å². The number of fused-ring (bicyclic) bond motifs is 1. The van der Waals surface area contributed by atoms with Crippen molar-refractivity contribution in [1.82, 2.24) is 0 Å². The highest BCUT2D eigenvalue weighted by atomic mass is 35.5. The highest BCUT2D eigenvalue weighted by molar-refractivity contribution is 6.30. The van der Waals surface area contributed by atoms with E-state index in [1.54, 1.807) is 12.1 Å². The van der Waals surface area contributed by atoms with E-state index in [1.165, 1.54) is 25.1 Å². The van der Waals surface area contributed by atoms with Crippen molar-refractivity contribution in [2.45, 2.75) is 13.5 Å². The van der Waals surface area contributed by atoms with Gasteiger partial charge in [0.15, 0.2) is 0 Å². The lowest BCUT2D eigenvalue weighted by molar-refractivity contribution is -0.114. The molecule has 1 heterocycles. The Morgan fingerprint density at radius 1 is 1.19 bits per heavy atom. The summed E-state index contributed by atoms with van der Waals surface area (Å²) in [5.74, 6) is -1.95. The van der Waals surface area contributed by atoms with Crippen molar-refractivity contribution >= 4 is 40.1 Å². The third-order valence-corrected chi connectivity index (χ3v) is 3.89. The van der Waals surface area contributed by atoms with Crippen molar-refractivity contribution in [1.29, 1.82) is 0 Å². The topological polar surface area (TPSA) is 85.6 Å². The van der Waals surface area contributed by atoms with E-state index in [-0.39, 0.29) is 28.7 Å². The van der Waals surface area contributed by atoms with Gasteiger partial charge in [-0.15, -0.1) is 0 Å². The van der Waals surface area contributed by atoms with Crippen molar-refractivity contribution in [3.05, 3.63) is 74.9 Å². The summed E-state index contributed by atoms with van der Waals surface area (Å²) in [6.45, 7) is 1.08. The summed E-state index contributed by atoms with van der Waals surface area (Å²) < 4.78 is 24.0. The molecule has 0 unspecified atom stereocenters. The first kappa shape index (κ1) is 18.6. The summed E-state index contributed by atoms with van der Waals surface area (Å²) in [6, 6.07) is 9.45. The largest absolute Gasteiger partial charge is 0.457 e. The Kier molecular flexibility index (Phi) is 5.23. The van der Waals surface area contributed by atoms with Crippen LogP contribution in [0.3, 0.4) is 0 Å². The SMILES string of the molecule is CC(=O)Nc1ccc2c(COC(=O)c3cc(Cl)ccc3F)cc(=O)oc2c1. The minimum atomic E-state index is -0.911. The molecule has 0 aliphatic heterocycles. The number of ether oxygens (including phenoxy) is 1. The molecule has 2 aromatic carbocycles. The summed E-state index contributed by atoms with van der Waals surface area (Å²) in [5, 5.41) is 3.29. The zero-order valence-electron chi connectivity index (χ0n) is 14.0. The number of nitrogens with one attached hydrogen (secondary N) is 1. The fourth-order valence-corrected chi connectivity index (χ4v) is 2.68. The molecule has 8 heteroatoms. The quantitative estimate of drug-likeness (QED) is 0.540. The molecule has 0 fully saturated rings. The molecular weight excluding hydrogens is 377 g/mol. The molecule has 3 rings (SSSR count). The Balaban J connectivity index is 1.88. The normalized spacial score (nSPS) is 10.6. The number of amides is 1. The Hall–Kier alpha value is -3.19. The van der Waals surface area contributed by atoms with Gasteiger partial charge in [0.25, 0.3) is 0 Å². The van der Waals surface area contributed by atoms with E-state index in [1.807, 2.05) is 0 Å². The van der Waals surface area contributed by atoms with Gasteiger partial charge in [0.2, 0.25) is 5.91 Å². The minimum absolute atomic E-state index is 0.194. The summed E-state index contributed by atoms with van der Waals surface area (Å²) in [7, 11) is 0. The van der Waals surface area contributed by atoms with Crippen LogP contribution >= 0.6 is 11.6 Å². The fourth-order valence-electron chi connectivity index (χ4n) is 2.51. The zero-order valence-corrected chi connectivity index (χ0v) is 14.8. The summed E-state index contributed by atoms with van der Waals surface area (Å²) in [4.78, 5) is 35.0. The van der Waals surface area contributed by atoms with Gasteiger partial charge in [-0.05, 0) is 30.3 Å². The number of benzene rings is 2. The maximum atomic E-state index is 13.8. The van der Waals surface area contributed by atoms with Gasteiger partial charge in [0.1, 0.15) is 18.0 Å². The highest BCUT2D eigenvalue weighted by Crippen LogP contribution is 2.23. The number of anilines is 1. The Labute approximate surface area is 157 Å². The lowest BCUT2D eigenvalue weighted by Gasteiger charge is -2.09. The number of carbonyl (C=O) groups excluding carboxylic acids is 2. The fraction of sp³-hybridized carbons (Fsp3) is 0.105. The van der Waals surface area contributed by atoms with Crippen molar-refractivity contribution in [3.63, 3.8) is 0 Å². The molecule has 1 aromatic heterocycles. The Morgan fingerprint density at radius 3 is 2.70 bits per heavy atom. The molecule has 0 spiro atoms. The molecule has 1 N–H and O–H groups in total. The van der Waals surface area contributed by atoms with Crippen molar-refractivity contribution in [2.75, 3.05) is 5.32 Å². The Morgan fingerprint density at radius 2 is 1.96 bits per heavy atom. The number of carbonyl (C=O) groups is 2. The summed E-state index contributed by atoms with van der Waals surface area (Å²) in [5.41, 5.74) is 0.0959. The van der Waals surface area contributed by atoms with E-state index in [0.29, 0.717) is 16.6 Å². The van der Waals surface area contributed by atoms with Gasteiger partial charge in [-0.1, -0.05) is 11.6 Å². The first-order valence-corrected chi connectivity index (χ1v) is 8.18. The van der Waals surface area contributed by atoms with Crippen LogP contribution in [0.25, 0.3) is 11.0 Å². The zero-order chi connectivity index (χ0) is 19.6. The van der Waals surface area contributed by atoms with E-state index in [4.69, 9.17) is 20.8 Å². The average Bonchev–Trinajstić information content (AvgIpc) is 2.60. The van der Waals surface area contributed by atoms with E-state index < -0.39 is 17.4 Å². The molecule has 138 valence electrons. The van der Waals surface area contributed by atoms with Crippen LogP contribution in [0.15, 0.2) is 51.7 Å². The van der Waals surface area contributed by atoms with Gasteiger partial charge in [-0.25, -0.2) is 14.0 Å². The van der Waals surface area contributed by atoms with Gasteiger partial charge < -0.3 is 14.5 Å². The van der Waals surface area contributed by atoms with Crippen LogP contribution in [0, 0.1) is 5.82 Å². The van der Waals surface area contributed by atoms with Crippen LogP contribution < -0.4 is 10.9 Å². The van der Waals surface area contributed by atoms with Crippen molar-refractivity contribution in [3.8, 4) is 0 Å². The van der Waals surface area contributed by atoms with Crippen LogP contribution in [0.5, 0.6) is 0 Å². The first-order valence-electron chi connectivity index (χ1n) is 7.80. The van der Waals surface area contributed by atoms with Gasteiger partial charge in [0, 0.05) is 40.7 Å². The van der Waals surface area contributed by atoms with Gasteiger partial charge >= 0.3 is 11.6 Å². The smallest absolute Gasteiger partial charge is 0.341 e. The second kappa shape index (κ2) is 7.59. The number of esters is 1. The maximum absolute atomic E-state index is 13.8. The molecular formula is C19H13ClFNO5. The number of hydrogen-bond donors (Lipinski definition) is 1. The number of rotatable bonds is 4. The third kappa shape index (κ3) is 4.32. The summed E-state index contributed by atoms with van der Waals surface area (Å²) >= 11 is 5.77. The highest BCUT2D eigenvalue weighted by Gasteiger charge is 2.15. The molecule has 0 saturated carbocycles. The second-order valence-corrected chi connectivity index (χ2v) is 6.12. The van der Waals surface area contributed by atoms with E-state index in [0.717, 1.165) is 12.1 Å². The standard InChI is InChI=1S/C19H13ClFNO5/c1-10(23)22-13-3-4-14-11(6-18(24)27-17(14)8-13)9-26-19(25)15-7-12(20)2-5-16(15)21/h2-8H,9H2,1H3,(H,22,23). The van der Waals surface area contributed by atoms with E-state index >= 15 is 0 Å². The molecule has 0 aliphatic carbocycles. The van der Waals surface area contributed by atoms with E-state index in [2.05, 4.69) is 5.32 Å². The molecule has 1 amide bonds. The van der Waals surface area contributed by atoms with Gasteiger partial charge in [0.05, 0.1) is 5.56 Å². The molecule has 0 atom stereocenters. The van der Waals surface area contributed by atoms with E-state index in [9.17, 15) is 18.8 Å². The maximum Gasteiger partial charge on any atom is 0.341 e. The predicted molar refractivity (Wildman–Crippen MR) is 97.3 cm³/mol. The first-order chi connectivity index (χ1) is 12.8. The molecule has 0 saturated heterocycles. The Bertz CT molecular complexity index is 1110. The van der Waals surface area contributed by atoms with Crippen LogP contribution in [0.2, 0.25) is 5.02 Å². The van der Waals surface area contributed by atoms with Gasteiger partial charge in [-0.2, -0.15) is 0 Å². The van der Waals surface area contributed by atoms with Crippen LogP contribution in [0.1, 0.15) is 22.8 Å². The lowest BCUT2D eigenvalue weighted by atomic mass is 10.1. The van der Waals surface area contributed by atoms with Crippen LogP contribution in [0.4, 0.5) is 10.1 Å². The van der Waals surface area contributed by atoms with Gasteiger partial charge in [-0.3, -0.25) is 4.79 Å². The predicted octanol–water partition coefficient (Wildman–Crippen LogP) is 3.90. The van der Waals surface area contributed by atoms with Crippen LogP contribution in [-0.4, -0.2) is 11.9 Å². The number of hydrogen-bond acceptors (Lipinski definition) is 5. The average molecular weight is 390 g/mol. The molecule has 0 aliphatic rings. The molecule has 6 nitrogen and oxygen atoms in total. The minimum Gasteiger partial charge on any atom is -0.457 e. The van der Waals surface area contributed by atoms with Crippen molar-refractivity contribution < 1.29 is 23.1 Å². The summed E-state index contributed by atoms with van der Waals surface area (Å²) in [6.07, 6.45) is 0. The molecule has 27 heavy (non-hydrogen) atoms. The monoisotopic (exact) mass is 389 g/mol. The second-order valence-electron chi connectivity index (χ2n) is 5.68. The lowest BCUT2D eigenvalue weighted by Crippen LogP contribution is -2.10. The molecule has 0 radical (unpaired) electrons. The molecule has 0 bridgehead atoms. The number of halogens is 2.